The van der Waals surface area contributed by atoms with Gasteiger partial charge in [0, 0.05) is 19.6 Å². The molecule has 8 heteroatoms. The van der Waals surface area contributed by atoms with Crippen LogP contribution in [0.4, 0.5) is 0 Å². The summed E-state index contributed by atoms with van der Waals surface area (Å²) in [6, 6.07) is 14.5. The third-order valence-electron chi connectivity index (χ3n) is 5.20. The number of fused-ring (bicyclic) bond motifs is 1. The summed E-state index contributed by atoms with van der Waals surface area (Å²) in [6.07, 6.45) is 0.550. The number of hydrogen-bond donors (Lipinski definition) is 2. The first-order valence-corrected chi connectivity index (χ1v) is 9.30. The van der Waals surface area contributed by atoms with Crippen molar-refractivity contribution >= 4 is 24.3 Å². The van der Waals surface area contributed by atoms with Crippen LogP contribution in [-0.4, -0.2) is 41.8 Å². The summed E-state index contributed by atoms with van der Waals surface area (Å²) in [6.45, 7) is 1.51. The van der Waals surface area contributed by atoms with E-state index in [0.717, 1.165) is 11.1 Å². The van der Waals surface area contributed by atoms with Crippen LogP contribution < -0.4 is 14.8 Å². The summed E-state index contributed by atoms with van der Waals surface area (Å²) in [5.74, 6) is -0.0120. The molecule has 154 valence electrons. The molecular weight excluding hydrogens is 396 g/mol. The number of benzene rings is 2. The number of carbonyl (C=O) groups is 2. The molecule has 2 N–H and O–H groups in total. The second-order valence-corrected chi connectivity index (χ2v) is 7.04. The van der Waals surface area contributed by atoms with Crippen LogP contribution in [0.15, 0.2) is 48.5 Å². The fraction of sp³-hybridized carbons (Fsp3) is 0.333. The van der Waals surface area contributed by atoms with Gasteiger partial charge in [-0.25, -0.2) is 0 Å². The highest BCUT2D eigenvalue weighted by Gasteiger charge is 2.36. The number of carbonyl (C=O) groups excluding carboxylic acids is 1. The van der Waals surface area contributed by atoms with Crippen molar-refractivity contribution in [3.05, 3.63) is 59.7 Å². The van der Waals surface area contributed by atoms with Crippen molar-refractivity contribution in [3.63, 3.8) is 0 Å². The van der Waals surface area contributed by atoms with Crippen LogP contribution in [0.1, 0.15) is 23.6 Å². The van der Waals surface area contributed by atoms with E-state index in [9.17, 15) is 14.7 Å². The number of nitrogens with zero attached hydrogens (tertiary/aromatic N) is 1. The van der Waals surface area contributed by atoms with E-state index in [1.807, 2.05) is 53.4 Å². The maximum absolute atomic E-state index is 13.1. The molecule has 2 aliphatic heterocycles. The summed E-state index contributed by atoms with van der Waals surface area (Å²) < 4.78 is 10.7. The van der Waals surface area contributed by atoms with E-state index in [-0.39, 0.29) is 25.1 Å². The molecule has 0 radical (unpaired) electrons. The van der Waals surface area contributed by atoms with Gasteiger partial charge in [-0.05, 0) is 29.7 Å². The number of likely N-dealkylation sites (tertiary alicyclic amines) is 1. The molecule has 1 fully saturated rings. The third kappa shape index (κ3) is 4.63. The largest absolute Gasteiger partial charge is 0.481 e. The van der Waals surface area contributed by atoms with Gasteiger partial charge in [0.15, 0.2) is 11.5 Å². The lowest BCUT2D eigenvalue weighted by atomic mass is 10.0. The summed E-state index contributed by atoms with van der Waals surface area (Å²) >= 11 is 0. The number of nitrogens with one attached hydrogen (secondary N) is 1. The highest BCUT2D eigenvalue weighted by Crippen LogP contribution is 2.33. The number of amides is 1. The van der Waals surface area contributed by atoms with Crippen LogP contribution in [-0.2, 0) is 16.1 Å². The maximum atomic E-state index is 13.1. The SMILES string of the molecule is Cl.O=C(O)C1CCN(C(C(=O)NCc2ccc3c(c2)OCO3)c2ccccc2)C1. The second-order valence-electron chi connectivity index (χ2n) is 7.04. The standard InChI is InChI=1S/C21H22N2O5.ClH/c24-20(22-11-14-6-7-17-18(10-14)28-13-27-17)19(15-4-2-1-3-5-15)23-9-8-16(12-23)21(25)26;/h1-7,10,16,19H,8-9,11-13H2,(H,22,24)(H,25,26);1H. The zero-order valence-corrected chi connectivity index (χ0v) is 16.6. The molecule has 2 unspecified atom stereocenters. The Kier molecular flexibility index (Phi) is 6.61. The van der Waals surface area contributed by atoms with Gasteiger partial charge >= 0.3 is 5.97 Å². The Morgan fingerprint density at radius 1 is 1.14 bits per heavy atom. The minimum absolute atomic E-state index is 0. The summed E-state index contributed by atoms with van der Waals surface area (Å²) in [4.78, 5) is 26.3. The Morgan fingerprint density at radius 2 is 1.90 bits per heavy atom. The lowest BCUT2D eigenvalue weighted by Gasteiger charge is -2.27. The normalized spacial score (nSPS) is 18.7. The van der Waals surface area contributed by atoms with Crippen LogP contribution in [0, 0.1) is 5.92 Å². The predicted molar refractivity (Wildman–Crippen MR) is 108 cm³/mol. The topological polar surface area (TPSA) is 88.1 Å². The predicted octanol–water partition coefficient (Wildman–Crippen LogP) is 2.60. The van der Waals surface area contributed by atoms with E-state index in [4.69, 9.17) is 9.47 Å². The van der Waals surface area contributed by atoms with Crippen LogP contribution in [0.3, 0.4) is 0 Å². The lowest BCUT2D eigenvalue weighted by molar-refractivity contribution is -0.141. The van der Waals surface area contributed by atoms with Gasteiger partial charge in [0.25, 0.3) is 0 Å². The van der Waals surface area contributed by atoms with Gasteiger partial charge in [-0.3, -0.25) is 14.5 Å². The maximum Gasteiger partial charge on any atom is 0.307 e. The van der Waals surface area contributed by atoms with E-state index in [2.05, 4.69) is 5.32 Å². The molecule has 0 aliphatic carbocycles. The molecule has 1 amide bonds. The molecule has 7 nitrogen and oxygen atoms in total. The molecule has 2 aromatic rings. The van der Waals surface area contributed by atoms with Crippen molar-refractivity contribution in [2.24, 2.45) is 5.92 Å². The van der Waals surface area contributed by atoms with Gasteiger partial charge in [0.05, 0.1) is 5.92 Å². The summed E-state index contributed by atoms with van der Waals surface area (Å²) in [5.41, 5.74) is 1.77. The minimum atomic E-state index is -0.810. The van der Waals surface area contributed by atoms with Crippen molar-refractivity contribution in [3.8, 4) is 11.5 Å². The number of rotatable bonds is 6. The van der Waals surface area contributed by atoms with Gasteiger partial charge in [0.1, 0.15) is 6.04 Å². The Hall–Kier alpha value is -2.77. The van der Waals surface area contributed by atoms with Crippen LogP contribution in [0.25, 0.3) is 0 Å². The molecule has 0 saturated carbocycles. The molecule has 2 heterocycles. The number of aliphatic carboxylic acids is 1. The number of ether oxygens (including phenoxy) is 2. The Morgan fingerprint density at radius 3 is 2.62 bits per heavy atom. The van der Waals surface area contributed by atoms with Crippen molar-refractivity contribution in [1.29, 1.82) is 0 Å². The first-order valence-electron chi connectivity index (χ1n) is 9.30. The van der Waals surface area contributed by atoms with Gasteiger partial charge < -0.3 is 19.9 Å². The van der Waals surface area contributed by atoms with Gasteiger partial charge in [-0.15, -0.1) is 12.4 Å². The van der Waals surface area contributed by atoms with Crippen LogP contribution in [0.5, 0.6) is 11.5 Å². The summed E-state index contributed by atoms with van der Waals surface area (Å²) in [5, 5.41) is 12.3. The number of carboxylic acids is 1. The number of carboxylic acid groups (broad SMARTS) is 1. The van der Waals surface area contributed by atoms with Crippen LogP contribution >= 0.6 is 12.4 Å². The smallest absolute Gasteiger partial charge is 0.307 e. The third-order valence-corrected chi connectivity index (χ3v) is 5.20. The fourth-order valence-corrected chi connectivity index (χ4v) is 3.72. The monoisotopic (exact) mass is 418 g/mol. The first kappa shape index (κ1) is 21.0. The fourth-order valence-electron chi connectivity index (χ4n) is 3.72. The van der Waals surface area contributed by atoms with Gasteiger partial charge in [-0.1, -0.05) is 36.4 Å². The molecule has 2 atom stereocenters. The molecular formula is C21H23ClN2O5. The first-order chi connectivity index (χ1) is 13.6. The highest BCUT2D eigenvalue weighted by atomic mass is 35.5. The molecule has 0 aromatic heterocycles. The van der Waals surface area contributed by atoms with E-state index in [1.165, 1.54) is 0 Å². The zero-order valence-electron chi connectivity index (χ0n) is 15.7. The average molecular weight is 419 g/mol. The summed E-state index contributed by atoms with van der Waals surface area (Å²) in [7, 11) is 0. The zero-order chi connectivity index (χ0) is 19.5. The Balaban J connectivity index is 0.00000240. The molecule has 2 aliphatic rings. The highest BCUT2D eigenvalue weighted by molar-refractivity contribution is 5.85. The van der Waals surface area contributed by atoms with Gasteiger partial charge in [0.2, 0.25) is 12.7 Å². The number of hydrogen-bond acceptors (Lipinski definition) is 5. The number of halogens is 1. The van der Waals surface area contributed by atoms with E-state index in [0.29, 0.717) is 37.6 Å². The molecule has 1 saturated heterocycles. The quantitative estimate of drug-likeness (QED) is 0.749. The van der Waals surface area contributed by atoms with Crippen molar-refractivity contribution < 1.29 is 24.2 Å². The van der Waals surface area contributed by atoms with Gasteiger partial charge in [-0.2, -0.15) is 0 Å². The molecule has 2 aromatic carbocycles. The van der Waals surface area contributed by atoms with Crippen molar-refractivity contribution in [2.75, 3.05) is 19.9 Å². The Labute approximate surface area is 175 Å². The molecule has 0 spiro atoms. The lowest BCUT2D eigenvalue weighted by Crippen LogP contribution is -2.39. The van der Waals surface area contributed by atoms with Crippen molar-refractivity contribution in [1.82, 2.24) is 10.2 Å². The second kappa shape index (κ2) is 9.15. The minimum Gasteiger partial charge on any atom is -0.481 e. The average Bonchev–Trinajstić information content (AvgIpc) is 3.37. The molecule has 0 bridgehead atoms. The van der Waals surface area contributed by atoms with E-state index < -0.39 is 17.9 Å². The van der Waals surface area contributed by atoms with Crippen molar-refractivity contribution in [2.45, 2.75) is 19.0 Å². The van der Waals surface area contributed by atoms with E-state index >= 15 is 0 Å². The van der Waals surface area contributed by atoms with Crippen LogP contribution in [0.2, 0.25) is 0 Å². The van der Waals surface area contributed by atoms with E-state index in [1.54, 1.807) is 0 Å². The molecule has 29 heavy (non-hydrogen) atoms. The molecule has 4 rings (SSSR count). The Bertz CT molecular complexity index is 877.